The molecule has 0 spiro atoms. The third-order valence-corrected chi connectivity index (χ3v) is 5.04. The van der Waals surface area contributed by atoms with Crippen molar-refractivity contribution in [3.63, 3.8) is 0 Å². The maximum absolute atomic E-state index is 13.0. The molecule has 1 aromatic carbocycles. The van der Waals surface area contributed by atoms with Crippen LogP contribution in [0.15, 0.2) is 34.4 Å². The molecule has 0 aliphatic carbocycles. The summed E-state index contributed by atoms with van der Waals surface area (Å²) in [6.07, 6.45) is 0.319. The van der Waals surface area contributed by atoms with Gasteiger partial charge in [-0.15, -0.1) is 11.3 Å². The molecule has 3 aromatic rings. The fraction of sp³-hybridized carbons (Fsp3) is 0.263. The number of aromatic carboxylic acids is 1. The van der Waals surface area contributed by atoms with E-state index in [1.54, 1.807) is 12.1 Å². The highest BCUT2D eigenvalue weighted by Crippen LogP contribution is 2.22. The normalized spacial score (nSPS) is 10.9. The van der Waals surface area contributed by atoms with Crippen molar-refractivity contribution in [3.8, 4) is 0 Å². The number of carbonyl (C=O) groups is 2. The molecule has 0 atom stereocenters. The van der Waals surface area contributed by atoms with Crippen LogP contribution < -0.4 is 10.9 Å². The van der Waals surface area contributed by atoms with E-state index < -0.39 is 17.4 Å². The maximum atomic E-state index is 13.0. The van der Waals surface area contributed by atoms with Crippen molar-refractivity contribution in [1.82, 2.24) is 9.55 Å². The van der Waals surface area contributed by atoms with E-state index in [0.29, 0.717) is 29.4 Å². The zero-order valence-electron chi connectivity index (χ0n) is 15.4. The fourth-order valence-corrected chi connectivity index (χ4v) is 3.67. The molecule has 2 heterocycles. The number of carboxylic acid groups (broad SMARTS) is 1. The van der Waals surface area contributed by atoms with Crippen LogP contribution in [0.1, 0.15) is 21.7 Å². The number of rotatable bonds is 7. The Morgan fingerprint density at radius 2 is 2.00 bits per heavy atom. The van der Waals surface area contributed by atoms with Gasteiger partial charge in [0.25, 0.3) is 5.56 Å². The third-order valence-electron chi connectivity index (χ3n) is 4.17. The third kappa shape index (κ3) is 4.10. The lowest BCUT2D eigenvalue weighted by molar-refractivity contribution is -0.116. The predicted octanol–water partition coefficient (Wildman–Crippen LogP) is 2.29. The van der Waals surface area contributed by atoms with Crippen LogP contribution in [0.5, 0.6) is 0 Å². The summed E-state index contributed by atoms with van der Waals surface area (Å²) in [6.45, 7) is 1.98. The number of nitrogens with zero attached hydrogens (tertiary/aromatic N) is 2. The highest BCUT2D eigenvalue weighted by Gasteiger charge is 2.20. The first-order valence-electron chi connectivity index (χ1n) is 8.50. The van der Waals surface area contributed by atoms with Crippen molar-refractivity contribution >= 4 is 39.1 Å². The van der Waals surface area contributed by atoms with Crippen LogP contribution in [0.3, 0.4) is 0 Å². The van der Waals surface area contributed by atoms with Crippen LogP contribution >= 0.6 is 11.3 Å². The van der Waals surface area contributed by atoms with E-state index in [2.05, 4.69) is 10.3 Å². The number of fused-ring (bicyclic) bond motifs is 1. The number of carbonyl (C=O) groups excluding carboxylic acids is 1. The van der Waals surface area contributed by atoms with Gasteiger partial charge in [0.05, 0.1) is 17.6 Å². The first kappa shape index (κ1) is 19.7. The number of aryl methyl sites for hydroxylation is 1. The summed E-state index contributed by atoms with van der Waals surface area (Å²) < 4.78 is 6.27. The van der Waals surface area contributed by atoms with Crippen LogP contribution in [-0.2, 0) is 22.5 Å². The van der Waals surface area contributed by atoms with E-state index in [9.17, 15) is 19.5 Å². The number of hydrogen-bond donors (Lipinski definition) is 2. The average Bonchev–Trinajstić information content (AvgIpc) is 3.09. The molecular weight excluding hydrogens is 382 g/mol. The lowest BCUT2D eigenvalue weighted by Gasteiger charge is -2.13. The number of benzene rings is 1. The minimum atomic E-state index is -1.20. The second-order valence-corrected chi connectivity index (χ2v) is 7.07. The van der Waals surface area contributed by atoms with Crippen LogP contribution in [0.25, 0.3) is 10.2 Å². The van der Waals surface area contributed by atoms with Crippen molar-refractivity contribution in [2.24, 2.45) is 0 Å². The quantitative estimate of drug-likeness (QED) is 0.628. The molecule has 3 rings (SSSR count). The number of anilines is 1. The van der Waals surface area contributed by atoms with Gasteiger partial charge in [0.2, 0.25) is 5.91 Å². The molecule has 8 nitrogen and oxygen atoms in total. The number of nitrogens with one attached hydrogen (secondary N) is 1. The molecule has 0 saturated heterocycles. The molecule has 146 valence electrons. The number of carboxylic acids is 1. The van der Waals surface area contributed by atoms with E-state index in [1.807, 2.05) is 19.1 Å². The molecular formula is C19H19N3O5S. The van der Waals surface area contributed by atoms with Crippen molar-refractivity contribution in [1.29, 1.82) is 0 Å². The summed E-state index contributed by atoms with van der Waals surface area (Å²) in [6, 6.07) is 7.27. The Labute approximate surface area is 164 Å². The second-order valence-electron chi connectivity index (χ2n) is 6.21. The topological polar surface area (TPSA) is 111 Å². The van der Waals surface area contributed by atoms with E-state index in [1.165, 1.54) is 17.1 Å². The Bertz CT molecular complexity index is 1090. The van der Waals surface area contributed by atoms with Gasteiger partial charge in [-0.25, -0.2) is 9.78 Å². The molecule has 0 aliphatic rings. The lowest BCUT2D eigenvalue weighted by Crippen LogP contribution is -2.32. The van der Waals surface area contributed by atoms with Gasteiger partial charge in [0.15, 0.2) is 0 Å². The Kier molecular flexibility index (Phi) is 5.86. The predicted molar refractivity (Wildman–Crippen MR) is 106 cm³/mol. The van der Waals surface area contributed by atoms with Gasteiger partial charge in [0.1, 0.15) is 17.2 Å². The lowest BCUT2D eigenvalue weighted by atomic mass is 10.2. The van der Waals surface area contributed by atoms with E-state index >= 15 is 0 Å². The molecule has 2 aromatic heterocycles. The Morgan fingerprint density at radius 3 is 2.64 bits per heavy atom. The zero-order chi connectivity index (χ0) is 20.3. The highest BCUT2D eigenvalue weighted by atomic mass is 32.1. The van der Waals surface area contributed by atoms with Gasteiger partial charge in [0, 0.05) is 24.6 Å². The van der Waals surface area contributed by atoms with Crippen LogP contribution in [-0.4, -0.2) is 40.3 Å². The van der Waals surface area contributed by atoms with Crippen molar-refractivity contribution < 1.29 is 19.4 Å². The van der Waals surface area contributed by atoms with Crippen molar-refractivity contribution in [3.05, 3.63) is 57.0 Å². The standard InChI is InChI=1S/C19H19N3O5S/c1-11-3-5-12(6-4-11)20-15(23)9-22-14(7-8-27-2)21-17-16(18(22)24)13(10-28-17)19(25)26/h3-6,10H,7-9H2,1-2H3,(H,20,23)(H,25,26). The summed E-state index contributed by atoms with van der Waals surface area (Å²) in [7, 11) is 1.53. The van der Waals surface area contributed by atoms with E-state index in [-0.39, 0.29) is 17.5 Å². The smallest absolute Gasteiger partial charge is 0.337 e. The fourth-order valence-electron chi connectivity index (χ4n) is 2.75. The van der Waals surface area contributed by atoms with E-state index in [4.69, 9.17) is 4.74 Å². The minimum Gasteiger partial charge on any atom is -0.478 e. The SMILES string of the molecule is COCCc1nc2scc(C(=O)O)c2c(=O)n1CC(=O)Nc1ccc(C)cc1. The number of aromatic nitrogens is 2. The first-order valence-corrected chi connectivity index (χ1v) is 9.38. The Morgan fingerprint density at radius 1 is 1.29 bits per heavy atom. The van der Waals surface area contributed by atoms with Gasteiger partial charge in [-0.2, -0.15) is 0 Å². The highest BCUT2D eigenvalue weighted by molar-refractivity contribution is 7.17. The largest absolute Gasteiger partial charge is 0.478 e. The molecule has 2 N–H and O–H groups in total. The first-order chi connectivity index (χ1) is 13.4. The molecule has 0 saturated carbocycles. The van der Waals surface area contributed by atoms with Crippen molar-refractivity contribution in [2.75, 3.05) is 19.0 Å². The minimum absolute atomic E-state index is 0.0156. The monoisotopic (exact) mass is 401 g/mol. The van der Waals surface area contributed by atoms with Gasteiger partial charge in [-0.05, 0) is 19.1 Å². The Hall–Kier alpha value is -3.04. The Balaban J connectivity index is 1.98. The molecule has 0 radical (unpaired) electrons. The van der Waals surface area contributed by atoms with Crippen LogP contribution in [0.2, 0.25) is 0 Å². The molecule has 0 bridgehead atoms. The molecule has 28 heavy (non-hydrogen) atoms. The van der Waals surface area contributed by atoms with Gasteiger partial charge in [-0.3, -0.25) is 14.2 Å². The number of thiophene rings is 1. The molecule has 0 aliphatic heterocycles. The summed E-state index contributed by atoms with van der Waals surface area (Å²) in [5, 5.41) is 13.5. The average molecular weight is 401 g/mol. The number of ether oxygens (including phenoxy) is 1. The van der Waals surface area contributed by atoms with E-state index in [0.717, 1.165) is 16.9 Å². The van der Waals surface area contributed by atoms with Crippen molar-refractivity contribution in [2.45, 2.75) is 19.9 Å². The molecule has 1 amide bonds. The molecule has 0 fully saturated rings. The summed E-state index contributed by atoms with van der Waals surface area (Å²) in [5.74, 6) is -1.24. The number of methoxy groups -OCH3 is 1. The number of hydrogen-bond acceptors (Lipinski definition) is 6. The zero-order valence-corrected chi connectivity index (χ0v) is 16.2. The molecule has 9 heteroatoms. The van der Waals surface area contributed by atoms with Gasteiger partial charge < -0.3 is 15.2 Å². The second kappa shape index (κ2) is 8.32. The molecule has 0 unspecified atom stereocenters. The number of amides is 1. The van der Waals surface area contributed by atoms with Crippen LogP contribution in [0.4, 0.5) is 5.69 Å². The van der Waals surface area contributed by atoms with Gasteiger partial charge >= 0.3 is 5.97 Å². The summed E-state index contributed by atoms with van der Waals surface area (Å²) >= 11 is 1.09. The summed E-state index contributed by atoms with van der Waals surface area (Å²) in [5.41, 5.74) is 1.01. The maximum Gasteiger partial charge on any atom is 0.337 e. The summed E-state index contributed by atoms with van der Waals surface area (Å²) in [4.78, 5) is 41.6. The van der Waals surface area contributed by atoms with Crippen LogP contribution in [0, 0.1) is 6.92 Å². The van der Waals surface area contributed by atoms with Gasteiger partial charge in [-0.1, -0.05) is 17.7 Å².